The summed E-state index contributed by atoms with van der Waals surface area (Å²) in [6.45, 7) is 6.25. The molecule has 1 aliphatic rings. The van der Waals surface area contributed by atoms with Gasteiger partial charge in [-0.2, -0.15) is 4.31 Å². The van der Waals surface area contributed by atoms with Gasteiger partial charge in [0, 0.05) is 18.5 Å². The Balaban J connectivity index is 2.44. The molecule has 7 nitrogen and oxygen atoms in total. The van der Waals surface area contributed by atoms with Crippen LogP contribution in [-0.4, -0.2) is 50.5 Å². The average Bonchev–Trinajstić information content (AvgIpc) is 3.05. The number of aryl methyl sites for hydroxylation is 1. The fourth-order valence-electron chi connectivity index (χ4n) is 2.24. The second-order valence-corrected chi connectivity index (χ2v) is 8.14. The van der Waals surface area contributed by atoms with Gasteiger partial charge in [-0.3, -0.25) is 4.79 Å². The molecule has 0 bridgehead atoms. The minimum absolute atomic E-state index is 0.0161. The number of carboxylic acid groups (broad SMARTS) is 1. The van der Waals surface area contributed by atoms with Crippen LogP contribution in [0.3, 0.4) is 0 Å². The second kappa shape index (κ2) is 5.98. The fourth-order valence-corrected chi connectivity index (χ4v) is 5.90. The highest BCUT2D eigenvalue weighted by atomic mass is 32.2. The molecule has 0 saturated carbocycles. The largest absolute Gasteiger partial charge is 0.480 e. The van der Waals surface area contributed by atoms with Gasteiger partial charge in [-0.1, -0.05) is 13.8 Å². The van der Waals surface area contributed by atoms with Gasteiger partial charge in [-0.25, -0.2) is 13.4 Å². The third kappa shape index (κ3) is 2.95. The van der Waals surface area contributed by atoms with Crippen molar-refractivity contribution in [2.45, 2.75) is 43.8 Å². The van der Waals surface area contributed by atoms with Crippen molar-refractivity contribution in [3.63, 3.8) is 0 Å². The third-order valence-corrected chi connectivity index (χ3v) is 6.89. The predicted octanol–water partition coefficient (Wildman–Crippen LogP) is 1.08. The molecule has 1 aliphatic heterocycles. The molecule has 1 saturated heterocycles. The van der Waals surface area contributed by atoms with Crippen LogP contribution < -0.4 is 0 Å². The normalized spacial score (nSPS) is 23.8. The van der Waals surface area contributed by atoms with Crippen molar-refractivity contribution in [3.8, 4) is 0 Å². The Morgan fingerprint density at radius 2 is 2.24 bits per heavy atom. The number of rotatable bonds is 5. The van der Waals surface area contributed by atoms with Crippen molar-refractivity contribution in [2.75, 3.05) is 5.75 Å². The molecule has 1 N–H and O–H groups in total. The van der Waals surface area contributed by atoms with Gasteiger partial charge < -0.3 is 9.67 Å². The molecule has 0 amide bonds. The van der Waals surface area contributed by atoms with E-state index in [1.807, 2.05) is 20.8 Å². The van der Waals surface area contributed by atoms with Gasteiger partial charge >= 0.3 is 5.97 Å². The van der Waals surface area contributed by atoms with E-state index in [1.165, 1.54) is 24.3 Å². The Bertz CT molecular complexity index is 626. The molecule has 0 radical (unpaired) electrons. The highest BCUT2D eigenvalue weighted by Gasteiger charge is 2.48. The first-order valence-corrected chi connectivity index (χ1v) is 9.17. The van der Waals surface area contributed by atoms with Crippen molar-refractivity contribution >= 4 is 27.8 Å². The van der Waals surface area contributed by atoms with E-state index in [0.29, 0.717) is 6.54 Å². The summed E-state index contributed by atoms with van der Waals surface area (Å²) in [5, 5.41) is 8.82. The summed E-state index contributed by atoms with van der Waals surface area (Å²) >= 11 is 1.36. The molecule has 9 heteroatoms. The highest BCUT2D eigenvalue weighted by Crippen LogP contribution is 2.38. The van der Waals surface area contributed by atoms with E-state index in [0.717, 1.165) is 4.31 Å². The maximum Gasteiger partial charge on any atom is 0.322 e. The van der Waals surface area contributed by atoms with E-state index in [4.69, 9.17) is 0 Å². The van der Waals surface area contributed by atoms with E-state index in [-0.39, 0.29) is 22.1 Å². The summed E-state index contributed by atoms with van der Waals surface area (Å²) < 4.78 is 28.3. The van der Waals surface area contributed by atoms with Crippen LogP contribution in [-0.2, 0) is 21.4 Å². The van der Waals surface area contributed by atoms with Crippen LogP contribution in [0.5, 0.6) is 0 Å². The van der Waals surface area contributed by atoms with E-state index >= 15 is 0 Å². The lowest BCUT2D eigenvalue weighted by atomic mass is 10.2. The Kier molecular flexibility index (Phi) is 4.64. The van der Waals surface area contributed by atoms with Crippen LogP contribution in [0, 0.1) is 5.92 Å². The van der Waals surface area contributed by atoms with Crippen LogP contribution in [0.15, 0.2) is 17.6 Å². The summed E-state index contributed by atoms with van der Waals surface area (Å²) in [5.74, 6) is -0.849. The molecule has 118 valence electrons. The molecule has 2 heterocycles. The van der Waals surface area contributed by atoms with Crippen LogP contribution in [0.2, 0.25) is 0 Å². The Labute approximate surface area is 128 Å². The molecule has 1 fully saturated rings. The number of hydrogen-bond acceptors (Lipinski definition) is 5. The first-order valence-electron chi connectivity index (χ1n) is 6.68. The topological polar surface area (TPSA) is 92.5 Å². The number of thioether (sulfide) groups is 1. The Morgan fingerprint density at radius 1 is 1.57 bits per heavy atom. The summed E-state index contributed by atoms with van der Waals surface area (Å²) in [5.41, 5.74) is 0. The van der Waals surface area contributed by atoms with Crippen LogP contribution in [0.1, 0.15) is 20.8 Å². The van der Waals surface area contributed by atoms with Gasteiger partial charge in [0.15, 0.2) is 5.03 Å². The Morgan fingerprint density at radius 3 is 2.71 bits per heavy atom. The average molecular weight is 333 g/mol. The highest BCUT2D eigenvalue weighted by molar-refractivity contribution is 8.01. The summed E-state index contributed by atoms with van der Waals surface area (Å²) in [6.07, 6.45) is 2.88. The van der Waals surface area contributed by atoms with Gasteiger partial charge in [0.1, 0.15) is 6.04 Å². The van der Waals surface area contributed by atoms with Crippen molar-refractivity contribution < 1.29 is 18.3 Å². The molecule has 21 heavy (non-hydrogen) atoms. The SMILES string of the molecule is CCn1cnc(S(=O)(=O)N2C(C(=O)O)CSC2C(C)C)c1. The minimum atomic E-state index is -3.92. The first-order chi connectivity index (χ1) is 9.78. The lowest BCUT2D eigenvalue weighted by molar-refractivity contribution is -0.140. The number of carbonyl (C=O) groups is 1. The molecule has 1 aromatic rings. The molecule has 0 aliphatic carbocycles. The van der Waals surface area contributed by atoms with Gasteiger partial charge in [0.25, 0.3) is 10.0 Å². The zero-order chi connectivity index (χ0) is 15.8. The number of nitrogens with zero attached hydrogens (tertiary/aromatic N) is 3. The van der Waals surface area contributed by atoms with Crippen LogP contribution in [0.4, 0.5) is 0 Å². The summed E-state index contributed by atoms with van der Waals surface area (Å²) in [7, 11) is -3.92. The van der Waals surface area contributed by atoms with Gasteiger partial charge in [0.05, 0.1) is 11.7 Å². The number of aromatic nitrogens is 2. The van der Waals surface area contributed by atoms with E-state index in [2.05, 4.69) is 4.98 Å². The lowest BCUT2D eigenvalue weighted by Gasteiger charge is -2.27. The maximum absolute atomic E-state index is 12.8. The van der Waals surface area contributed by atoms with Crippen molar-refractivity contribution in [3.05, 3.63) is 12.5 Å². The zero-order valence-corrected chi connectivity index (χ0v) is 13.8. The number of imidazole rings is 1. The zero-order valence-electron chi connectivity index (χ0n) is 12.1. The lowest BCUT2D eigenvalue weighted by Crippen LogP contribution is -2.47. The number of carboxylic acids is 1. The standard InChI is InChI=1S/C12H19N3O4S2/c1-4-14-5-10(13-7-14)21(18,19)15-9(12(16)17)6-20-11(15)8(2)3/h5,7-9,11H,4,6H2,1-3H3,(H,16,17). The monoisotopic (exact) mass is 333 g/mol. The number of aliphatic carboxylic acids is 1. The molecule has 2 unspecified atom stereocenters. The molecule has 1 aromatic heterocycles. The van der Waals surface area contributed by atoms with E-state index in [9.17, 15) is 18.3 Å². The van der Waals surface area contributed by atoms with Gasteiger partial charge in [-0.15, -0.1) is 11.8 Å². The van der Waals surface area contributed by atoms with Crippen molar-refractivity contribution in [2.24, 2.45) is 5.92 Å². The van der Waals surface area contributed by atoms with Crippen LogP contribution >= 0.6 is 11.8 Å². The summed E-state index contributed by atoms with van der Waals surface area (Å²) in [6, 6.07) is -1.04. The summed E-state index contributed by atoms with van der Waals surface area (Å²) in [4.78, 5) is 15.3. The van der Waals surface area contributed by atoms with E-state index in [1.54, 1.807) is 4.57 Å². The Hall–Kier alpha value is -1.06. The molecular formula is C12H19N3O4S2. The molecule has 0 spiro atoms. The third-order valence-electron chi connectivity index (χ3n) is 3.35. The number of sulfonamides is 1. The van der Waals surface area contributed by atoms with Gasteiger partial charge in [0.2, 0.25) is 0 Å². The van der Waals surface area contributed by atoms with Crippen molar-refractivity contribution in [1.82, 2.24) is 13.9 Å². The molecular weight excluding hydrogens is 314 g/mol. The smallest absolute Gasteiger partial charge is 0.322 e. The molecule has 0 aromatic carbocycles. The number of hydrogen-bond donors (Lipinski definition) is 1. The predicted molar refractivity (Wildman–Crippen MR) is 79.4 cm³/mol. The van der Waals surface area contributed by atoms with E-state index < -0.39 is 22.0 Å². The van der Waals surface area contributed by atoms with Gasteiger partial charge in [-0.05, 0) is 12.8 Å². The minimum Gasteiger partial charge on any atom is -0.480 e. The first kappa shape index (κ1) is 16.3. The second-order valence-electron chi connectivity index (χ2n) is 5.20. The molecule has 2 atom stereocenters. The molecule has 2 rings (SSSR count). The fraction of sp³-hybridized carbons (Fsp3) is 0.667. The van der Waals surface area contributed by atoms with Crippen molar-refractivity contribution in [1.29, 1.82) is 0 Å². The maximum atomic E-state index is 12.8. The quantitative estimate of drug-likeness (QED) is 0.867. The van der Waals surface area contributed by atoms with Crippen LogP contribution in [0.25, 0.3) is 0 Å².